The third-order valence-corrected chi connectivity index (χ3v) is 4.29. The molecule has 0 atom stereocenters. The van der Waals surface area contributed by atoms with Gasteiger partial charge in [0.1, 0.15) is 5.82 Å². The van der Waals surface area contributed by atoms with Crippen LogP contribution in [0.5, 0.6) is 0 Å². The Hall–Kier alpha value is -4.16. The van der Waals surface area contributed by atoms with Crippen LogP contribution < -0.4 is 10.6 Å². The summed E-state index contributed by atoms with van der Waals surface area (Å²) in [4.78, 5) is 8.77. The molecule has 6 heteroatoms. The number of nitrogens with zero attached hydrogens (tertiary/aromatic N) is 4. The number of rotatable bonds is 5. The summed E-state index contributed by atoms with van der Waals surface area (Å²) in [7, 11) is 0. The Morgan fingerprint density at radius 3 is 2.31 bits per heavy atom. The number of benzene rings is 2. The Morgan fingerprint density at radius 2 is 1.69 bits per heavy atom. The van der Waals surface area contributed by atoms with Crippen molar-refractivity contribution in [3.63, 3.8) is 0 Å². The van der Waals surface area contributed by atoms with Gasteiger partial charge in [-0.15, -0.1) is 0 Å². The number of aromatic nitrogens is 2. The number of aryl methyl sites for hydroxylation is 2. The second-order valence-corrected chi connectivity index (χ2v) is 6.67. The van der Waals surface area contributed by atoms with Crippen molar-refractivity contribution in [2.75, 3.05) is 10.6 Å². The summed E-state index contributed by atoms with van der Waals surface area (Å²) in [6.07, 6.45) is 3.55. The van der Waals surface area contributed by atoms with E-state index in [0.29, 0.717) is 22.9 Å². The van der Waals surface area contributed by atoms with Crippen molar-refractivity contribution in [2.24, 2.45) is 0 Å². The molecule has 0 fully saturated rings. The first-order chi connectivity index (χ1) is 14.0. The molecule has 1 aromatic heterocycles. The molecule has 2 N–H and O–H groups in total. The van der Waals surface area contributed by atoms with Gasteiger partial charge in [0.25, 0.3) is 0 Å². The standard InChI is InChI=1S/C23H20N6/c1-15(13-24)10-19-11-16(2)22(17(3)12-19)28-21-8-9-26-23(29-21)27-20-6-4-18(14-25)5-7-20/h4-12H,1-3H3,(H2,26,27,28,29)/b15-10-. The fourth-order valence-electron chi connectivity index (χ4n) is 2.93. The highest BCUT2D eigenvalue weighted by Crippen LogP contribution is 2.27. The highest BCUT2D eigenvalue weighted by Gasteiger charge is 2.07. The van der Waals surface area contributed by atoms with Crippen LogP contribution in [0.2, 0.25) is 0 Å². The number of anilines is 4. The largest absolute Gasteiger partial charge is 0.340 e. The van der Waals surface area contributed by atoms with Crippen molar-refractivity contribution in [1.82, 2.24) is 9.97 Å². The molecule has 1 heterocycles. The average Bonchev–Trinajstić information content (AvgIpc) is 2.71. The molecule has 0 bridgehead atoms. The molecule has 0 unspecified atom stereocenters. The van der Waals surface area contributed by atoms with E-state index in [1.807, 2.05) is 44.2 Å². The molecular weight excluding hydrogens is 360 g/mol. The number of nitriles is 2. The van der Waals surface area contributed by atoms with Crippen LogP contribution in [0.25, 0.3) is 6.08 Å². The lowest BCUT2D eigenvalue weighted by Crippen LogP contribution is -2.02. The number of hydrogen-bond donors (Lipinski definition) is 2. The highest BCUT2D eigenvalue weighted by molar-refractivity contribution is 5.70. The van der Waals surface area contributed by atoms with Crippen LogP contribution >= 0.6 is 0 Å². The zero-order valence-corrected chi connectivity index (χ0v) is 16.5. The summed E-state index contributed by atoms with van der Waals surface area (Å²) in [5.74, 6) is 1.12. The van der Waals surface area contributed by atoms with Crippen molar-refractivity contribution in [3.8, 4) is 12.1 Å². The summed E-state index contributed by atoms with van der Waals surface area (Å²) < 4.78 is 0. The van der Waals surface area contributed by atoms with Gasteiger partial charge in [-0.3, -0.25) is 0 Å². The summed E-state index contributed by atoms with van der Waals surface area (Å²) in [6, 6.07) is 17.2. The number of nitrogens with one attached hydrogen (secondary N) is 2. The molecule has 0 saturated heterocycles. The monoisotopic (exact) mass is 380 g/mol. The zero-order valence-electron chi connectivity index (χ0n) is 16.5. The SMILES string of the molecule is C/C(C#N)=C/c1cc(C)c(Nc2ccnc(Nc3ccc(C#N)cc3)n2)c(C)c1. The van der Waals surface area contributed by atoms with Crippen molar-refractivity contribution in [2.45, 2.75) is 20.8 Å². The third-order valence-electron chi connectivity index (χ3n) is 4.29. The van der Waals surface area contributed by atoms with Crippen molar-refractivity contribution >= 4 is 29.2 Å². The maximum atomic E-state index is 8.98. The molecule has 3 aromatic rings. The van der Waals surface area contributed by atoms with Gasteiger partial charge in [-0.25, -0.2) is 4.98 Å². The van der Waals surface area contributed by atoms with Gasteiger partial charge in [-0.1, -0.05) is 0 Å². The first-order valence-corrected chi connectivity index (χ1v) is 9.05. The van der Waals surface area contributed by atoms with Crippen LogP contribution in [-0.2, 0) is 0 Å². The van der Waals surface area contributed by atoms with Crippen LogP contribution in [0.1, 0.15) is 29.2 Å². The Morgan fingerprint density at radius 1 is 1.00 bits per heavy atom. The molecule has 0 spiro atoms. The van der Waals surface area contributed by atoms with Crippen molar-refractivity contribution in [3.05, 3.63) is 76.5 Å². The minimum atomic E-state index is 0.458. The van der Waals surface area contributed by atoms with Crippen LogP contribution in [0.15, 0.2) is 54.2 Å². The smallest absolute Gasteiger partial charge is 0.229 e. The molecule has 0 radical (unpaired) electrons. The minimum absolute atomic E-state index is 0.458. The molecule has 3 rings (SSSR count). The van der Waals surface area contributed by atoms with E-state index < -0.39 is 0 Å². The fraction of sp³-hybridized carbons (Fsp3) is 0.130. The lowest BCUT2D eigenvalue weighted by Gasteiger charge is -2.14. The molecule has 0 amide bonds. The van der Waals surface area contributed by atoms with Gasteiger partial charge < -0.3 is 10.6 Å². The van der Waals surface area contributed by atoms with Crippen LogP contribution in [0.3, 0.4) is 0 Å². The Balaban J connectivity index is 1.81. The molecule has 29 heavy (non-hydrogen) atoms. The third kappa shape index (κ3) is 4.97. The van der Waals surface area contributed by atoms with E-state index >= 15 is 0 Å². The maximum Gasteiger partial charge on any atom is 0.229 e. The average molecular weight is 380 g/mol. The first kappa shape index (κ1) is 19.6. The second kappa shape index (κ2) is 8.69. The molecule has 0 saturated carbocycles. The maximum absolute atomic E-state index is 8.98. The van der Waals surface area contributed by atoms with Gasteiger partial charge in [-0.05, 0) is 86.0 Å². The van der Waals surface area contributed by atoms with Gasteiger partial charge in [0, 0.05) is 23.1 Å². The summed E-state index contributed by atoms with van der Waals surface area (Å²) in [5, 5.41) is 24.4. The van der Waals surface area contributed by atoms with E-state index in [1.165, 1.54) is 0 Å². The Kier molecular flexibility index (Phi) is 5.87. The van der Waals surface area contributed by atoms with E-state index in [0.717, 1.165) is 28.1 Å². The Bertz CT molecular complexity index is 1120. The lowest BCUT2D eigenvalue weighted by atomic mass is 10.0. The minimum Gasteiger partial charge on any atom is -0.340 e. The van der Waals surface area contributed by atoms with E-state index in [-0.39, 0.29) is 0 Å². The first-order valence-electron chi connectivity index (χ1n) is 9.05. The molecular formula is C23H20N6. The summed E-state index contributed by atoms with van der Waals surface area (Å²) in [5.41, 5.74) is 6.15. The predicted molar refractivity (Wildman–Crippen MR) is 115 cm³/mol. The fourth-order valence-corrected chi connectivity index (χ4v) is 2.93. The molecule has 0 aliphatic carbocycles. The molecule has 0 aliphatic rings. The van der Waals surface area contributed by atoms with Crippen molar-refractivity contribution in [1.29, 1.82) is 10.5 Å². The predicted octanol–water partition coefficient (Wildman–Crippen LogP) is 5.38. The van der Waals surface area contributed by atoms with Crippen LogP contribution in [0, 0.1) is 36.5 Å². The normalized spacial score (nSPS) is 10.7. The van der Waals surface area contributed by atoms with Gasteiger partial charge >= 0.3 is 0 Å². The van der Waals surface area contributed by atoms with Crippen LogP contribution in [0.4, 0.5) is 23.1 Å². The van der Waals surface area contributed by atoms with E-state index in [2.05, 4.69) is 32.7 Å². The lowest BCUT2D eigenvalue weighted by molar-refractivity contribution is 1.16. The highest BCUT2D eigenvalue weighted by atomic mass is 15.1. The van der Waals surface area contributed by atoms with E-state index in [9.17, 15) is 0 Å². The molecule has 0 aliphatic heterocycles. The topological polar surface area (TPSA) is 97.4 Å². The summed E-state index contributed by atoms with van der Waals surface area (Å²) >= 11 is 0. The molecule has 2 aromatic carbocycles. The van der Waals surface area contributed by atoms with Gasteiger partial charge in [0.05, 0.1) is 17.7 Å². The summed E-state index contributed by atoms with van der Waals surface area (Å²) in [6.45, 7) is 5.83. The van der Waals surface area contributed by atoms with Crippen molar-refractivity contribution < 1.29 is 0 Å². The number of hydrogen-bond acceptors (Lipinski definition) is 6. The van der Waals surface area contributed by atoms with Gasteiger partial charge in [0.2, 0.25) is 5.95 Å². The number of allylic oxidation sites excluding steroid dienone is 1. The Labute approximate surface area is 170 Å². The van der Waals surface area contributed by atoms with E-state index in [1.54, 1.807) is 31.3 Å². The van der Waals surface area contributed by atoms with Crippen LogP contribution in [-0.4, -0.2) is 9.97 Å². The zero-order chi connectivity index (χ0) is 20.8. The van der Waals surface area contributed by atoms with E-state index in [4.69, 9.17) is 10.5 Å². The quantitative estimate of drug-likeness (QED) is 0.577. The molecule has 6 nitrogen and oxygen atoms in total. The second-order valence-electron chi connectivity index (χ2n) is 6.67. The molecule has 142 valence electrons. The van der Waals surface area contributed by atoms with Gasteiger partial charge in [-0.2, -0.15) is 15.5 Å². The van der Waals surface area contributed by atoms with Gasteiger partial charge in [0.15, 0.2) is 0 Å².